The van der Waals surface area contributed by atoms with E-state index >= 15 is 0 Å². The molecular weight excluding hydrogens is 502 g/mol. The molecule has 4 aromatic rings. The summed E-state index contributed by atoms with van der Waals surface area (Å²) < 4.78 is 0. The standard InChI is InChI=1S/C31H33N7O2/c39-28-20-25-18-23(21-37-14-16-38(17-15-37)26-10-12-32-13-11-26)6-7-24(25)8-9-27(28)33-31(40)30-34-29(35-36-30)19-22-4-2-1-3-5-22/h1-7,10-13,18,27H,8-9,14-17,19-21H2,(H,33,40)(H,34,35,36). The molecule has 1 amide bonds. The number of fused-ring (bicyclic) bond motifs is 1. The van der Waals surface area contributed by atoms with Crippen molar-refractivity contribution < 1.29 is 9.59 Å². The van der Waals surface area contributed by atoms with Crippen LogP contribution in [0, 0.1) is 0 Å². The second kappa shape index (κ2) is 11.8. The number of aromatic amines is 1. The van der Waals surface area contributed by atoms with E-state index in [1.807, 2.05) is 42.7 Å². The number of pyridine rings is 1. The summed E-state index contributed by atoms with van der Waals surface area (Å²) in [5, 5.41) is 9.81. The molecule has 1 aliphatic carbocycles. The third-order valence-corrected chi connectivity index (χ3v) is 7.79. The van der Waals surface area contributed by atoms with E-state index in [1.54, 1.807) is 0 Å². The molecule has 1 atom stereocenters. The monoisotopic (exact) mass is 535 g/mol. The number of Topliss-reactive ketones (excluding diaryl/α,β-unsaturated/α-hetero) is 1. The number of amides is 1. The third-order valence-electron chi connectivity index (χ3n) is 7.79. The smallest absolute Gasteiger partial charge is 0.291 e. The minimum atomic E-state index is -0.555. The third kappa shape index (κ3) is 6.10. The van der Waals surface area contributed by atoms with Crippen molar-refractivity contribution in [2.45, 2.75) is 38.3 Å². The predicted molar refractivity (Wildman–Crippen MR) is 152 cm³/mol. The SMILES string of the molecule is O=C(NC1CCc2ccc(CN3CCN(c4ccncc4)CC3)cc2CC1=O)c1n[nH]c(Cc2ccccc2)n1. The summed E-state index contributed by atoms with van der Waals surface area (Å²) in [6.07, 6.45) is 5.86. The van der Waals surface area contributed by atoms with E-state index in [4.69, 9.17) is 0 Å². The van der Waals surface area contributed by atoms with Gasteiger partial charge in [0.15, 0.2) is 5.78 Å². The van der Waals surface area contributed by atoms with E-state index in [0.29, 0.717) is 25.1 Å². The zero-order chi connectivity index (χ0) is 27.3. The van der Waals surface area contributed by atoms with Crippen LogP contribution in [0.2, 0.25) is 0 Å². The Morgan fingerprint density at radius 2 is 1.75 bits per heavy atom. The maximum Gasteiger partial charge on any atom is 0.291 e. The molecule has 0 saturated carbocycles. The highest BCUT2D eigenvalue weighted by Crippen LogP contribution is 2.23. The molecule has 0 radical (unpaired) electrons. The average Bonchev–Trinajstić information content (AvgIpc) is 3.40. The molecule has 0 bridgehead atoms. The molecule has 9 heteroatoms. The maximum atomic E-state index is 13.2. The summed E-state index contributed by atoms with van der Waals surface area (Å²) in [5.41, 5.74) is 5.76. The molecule has 0 spiro atoms. The highest BCUT2D eigenvalue weighted by Gasteiger charge is 2.27. The van der Waals surface area contributed by atoms with Gasteiger partial charge in [-0.2, -0.15) is 0 Å². The number of hydrogen-bond donors (Lipinski definition) is 2. The van der Waals surface area contributed by atoms with Gasteiger partial charge in [0, 0.05) is 63.6 Å². The van der Waals surface area contributed by atoms with Crippen LogP contribution in [-0.2, 0) is 30.6 Å². The van der Waals surface area contributed by atoms with E-state index in [-0.39, 0.29) is 11.6 Å². The second-order valence-electron chi connectivity index (χ2n) is 10.5. The highest BCUT2D eigenvalue weighted by molar-refractivity contribution is 5.96. The molecule has 40 heavy (non-hydrogen) atoms. The van der Waals surface area contributed by atoms with E-state index in [2.05, 4.69) is 65.6 Å². The Morgan fingerprint density at radius 3 is 2.55 bits per heavy atom. The first-order valence-electron chi connectivity index (χ1n) is 13.9. The van der Waals surface area contributed by atoms with Crippen LogP contribution >= 0.6 is 0 Å². The number of rotatable bonds is 7. The molecule has 1 unspecified atom stereocenters. The van der Waals surface area contributed by atoms with Gasteiger partial charge in [-0.15, -0.1) is 5.10 Å². The fraction of sp³-hybridized carbons (Fsp3) is 0.323. The summed E-state index contributed by atoms with van der Waals surface area (Å²) >= 11 is 0. The Labute approximate surface area is 233 Å². The minimum Gasteiger partial charge on any atom is -0.369 e. The number of nitrogens with one attached hydrogen (secondary N) is 2. The molecule has 1 fully saturated rings. The number of benzene rings is 2. The van der Waals surface area contributed by atoms with Gasteiger partial charge in [-0.1, -0.05) is 48.5 Å². The zero-order valence-electron chi connectivity index (χ0n) is 22.4. The van der Waals surface area contributed by atoms with Gasteiger partial charge in [0.05, 0.1) is 6.04 Å². The predicted octanol–water partition coefficient (Wildman–Crippen LogP) is 2.97. The van der Waals surface area contributed by atoms with Gasteiger partial charge in [0.25, 0.3) is 5.91 Å². The van der Waals surface area contributed by atoms with Crippen LogP contribution in [0.3, 0.4) is 0 Å². The number of hydrogen-bond acceptors (Lipinski definition) is 7. The minimum absolute atomic E-state index is 0.0234. The van der Waals surface area contributed by atoms with Gasteiger partial charge in [-0.3, -0.25) is 24.6 Å². The number of carbonyl (C=O) groups excluding carboxylic acids is 2. The fourth-order valence-electron chi connectivity index (χ4n) is 5.58. The molecular formula is C31H33N7O2. The van der Waals surface area contributed by atoms with Crippen molar-refractivity contribution in [1.82, 2.24) is 30.4 Å². The lowest BCUT2D eigenvalue weighted by Gasteiger charge is -2.36. The number of carbonyl (C=O) groups is 2. The normalized spacial score (nSPS) is 17.8. The van der Waals surface area contributed by atoms with Crippen LogP contribution in [0.1, 0.15) is 45.1 Å². The molecule has 2 aromatic heterocycles. The summed E-state index contributed by atoms with van der Waals surface area (Å²) in [6.45, 7) is 4.80. The summed E-state index contributed by atoms with van der Waals surface area (Å²) in [5.74, 6) is 0.274. The van der Waals surface area contributed by atoms with Crippen molar-refractivity contribution in [2.24, 2.45) is 0 Å². The first kappa shape index (κ1) is 25.9. The van der Waals surface area contributed by atoms with Crippen molar-refractivity contribution in [3.05, 3.63) is 107 Å². The Hall–Kier alpha value is -4.37. The van der Waals surface area contributed by atoms with E-state index in [9.17, 15) is 9.59 Å². The Morgan fingerprint density at radius 1 is 0.950 bits per heavy atom. The van der Waals surface area contributed by atoms with Gasteiger partial charge < -0.3 is 10.2 Å². The van der Waals surface area contributed by atoms with Gasteiger partial charge >= 0.3 is 0 Å². The number of aromatic nitrogens is 4. The fourth-order valence-corrected chi connectivity index (χ4v) is 5.58. The second-order valence-corrected chi connectivity index (χ2v) is 10.5. The average molecular weight is 536 g/mol. The number of piperazine rings is 1. The molecule has 204 valence electrons. The van der Waals surface area contributed by atoms with Crippen LogP contribution in [0.25, 0.3) is 0 Å². The quantitative estimate of drug-likeness (QED) is 0.351. The number of nitrogens with zero attached hydrogens (tertiary/aromatic N) is 5. The Bertz CT molecular complexity index is 1460. The van der Waals surface area contributed by atoms with Crippen molar-refractivity contribution in [2.75, 3.05) is 31.1 Å². The molecule has 2 N–H and O–H groups in total. The van der Waals surface area contributed by atoms with E-state index in [1.165, 1.54) is 16.8 Å². The van der Waals surface area contributed by atoms with E-state index in [0.717, 1.165) is 50.3 Å². The van der Waals surface area contributed by atoms with Gasteiger partial charge in [-0.05, 0) is 47.2 Å². The lowest BCUT2D eigenvalue weighted by molar-refractivity contribution is -0.120. The van der Waals surface area contributed by atoms with Crippen LogP contribution in [-0.4, -0.2) is 69.0 Å². The first-order chi connectivity index (χ1) is 19.6. The van der Waals surface area contributed by atoms with Crippen LogP contribution in [0.4, 0.5) is 5.69 Å². The van der Waals surface area contributed by atoms with Crippen molar-refractivity contribution in [3.63, 3.8) is 0 Å². The highest BCUT2D eigenvalue weighted by atomic mass is 16.2. The van der Waals surface area contributed by atoms with Gasteiger partial charge in [0.1, 0.15) is 5.82 Å². The molecule has 2 aliphatic rings. The topological polar surface area (TPSA) is 107 Å². The lowest BCUT2D eigenvalue weighted by atomic mass is 9.99. The molecule has 1 saturated heterocycles. The van der Waals surface area contributed by atoms with Crippen molar-refractivity contribution in [3.8, 4) is 0 Å². The number of ketones is 1. The maximum absolute atomic E-state index is 13.2. The zero-order valence-corrected chi connectivity index (χ0v) is 22.4. The molecule has 1 aliphatic heterocycles. The molecule has 2 aromatic carbocycles. The molecule has 9 nitrogen and oxygen atoms in total. The summed E-state index contributed by atoms with van der Waals surface area (Å²) in [4.78, 5) is 39.4. The largest absolute Gasteiger partial charge is 0.369 e. The van der Waals surface area contributed by atoms with Crippen molar-refractivity contribution >= 4 is 17.4 Å². The Kier molecular flexibility index (Phi) is 7.63. The van der Waals surface area contributed by atoms with Crippen molar-refractivity contribution in [1.29, 1.82) is 0 Å². The number of anilines is 1. The van der Waals surface area contributed by atoms with E-state index < -0.39 is 11.9 Å². The Balaban J connectivity index is 1.03. The summed E-state index contributed by atoms with van der Waals surface area (Å²) in [7, 11) is 0. The van der Waals surface area contributed by atoms with Crippen LogP contribution in [0.15, 0.2) is 73.1 Å². The molecule has 6 rings (SSSR count). The van der Waals surface area contributed by atoms with Gasteiger partial charge in [0.2, 0.25) is 5.82 Å². The lowest BCUT2D eigenvalue weighted by Crippen LogP contribution is -2.46. The first-order valence-corrected chi connectivity index (χ1v) is 13.9. The summed E-state index contributed by atoms with van der Waals surface area (Å²) in [6, 6.07) is 20.0. The molecule has 3 heterocycles. The van der Waals surface area contributed by atoms with Gasteiger partial charge in [-0.25, -0.2) is 4.98 Å². The number of aryl methyl sites for hydroxylation is 1. The van der Waals surface area contributed by atoms with Crippen LogP contribution in [0.5, 0.6) is 0 Å². The van der Waals surface area contributed by atoms with Crippen LogP contribution < -0.4 is 10.2 Å². The number of H-pyrrole nitrogens is 1.